The fourth-order valence-corrected chi connectivity index (χ4v) is 3.03. The molecule has 2 aromatic rings. The summed E-state index contributed by atoms with van der Waals surface area (Å²) in [6.07, 6.45) is 4.70. The Morgan fingerprint density at radius 3 is 2.81 bits per heavy atom. The zero-order valence-electron chi connectivity index (χ0n) is 12.0. The van der Waals surface area contributed by atoms with Crippen LogP contribution < -0.4 is 11.1 Å². The lowest BCUT2D eigenvalue weighted by Gasteiger charge is -2.21. The molecule has 1 aliphatic carbocycles. The lowest BCUT2D eigenvalue weighted by Crippen LogP contribution is -2.14. The molecule has 0 heterocycles. The van der Waals surface area contributed by atoms with E-state index < -0.39 is 0 Å². The Morgan fingerprint density at radius 2 is 1.95 bits per heavy atom. The first kappa shape index (κ1) is 13.7. The summed E-state index contributed by atoms with van der Waals surface area (Å²) in [5.41, 5.74) is 9.65. The van der Waals surface area contributed by atoms with Crippen LogP contribution >= 0.6 is 0 Å². The fraction of sp³-hybridized carbons (Fsp3) is 0.278. The number of aryl methyl sites for hydroxylation is 1. The van der Waals surface area contributed by atoms with E-state index in [0.717, 1.165) is 18.5 Å². The maximum Gasteiger partial charge on any atom is 0.248 e. The Kier molecular flexibility index (Phi) is 3.91. The Hall–Kier alpha value is -2.29. The van der Waals surface area contributed by atoms with Gasteiger partial charge in [-0.2, -0.15) is 0 Å². The van der Waals surface area contributed by atoms with Crippen molar-refractivity contribution in [3.63, 3.8) is 0 Å². The van der Waals surface area contributed by atoms with Gasteiger partial charge in [0, 0.05) is 11.3 Å². The fourth-order valence-electron chi connectivity index (χ4n) is 3.03. The number of rotatable bonds is 3. The van der Waals surface area contributed by atoms with Crippen LogP contribution in [0.15, 0.2) is 48.5 Å². The van der Waals surface area contributed by atoms with E-state index in [1.54, 1.807) is 6.07 Å². The van der Waals surface area contributed by atoms with Crippen molar-refractivity contribution in [2.24, 2.45) is 5.73 Å². The van der Waals surface area contributed by atoms with E-state index in [1.807, 2.05) is 18.2 Å². The molecule has 0 saturated carbocycles. The maximum atomic E-state index is 11.3. The number of anilines is 1. The highest BCUT2D eigenvalue weighted by molar-refractivity contribution is 5.93. The Balaban J connectivity index is 1.87. The van der Waals surface area contributed by atoms with E-state index in [0.29, 0.717) is 11.6 Å². The molecule has 1 aliphatic rings. The minimum Gasteiger partial charge on any atom is -0.378 e. The van der Waals surface area contributed by atoms with E-state index in [1.165, 1.54) is 24.0 Å². The first-order valence-electron chi connectivity index (χ1n) is 7.48. The molecule has 0 radical (unpaired) electrons. The number of nitrogens with one attached hydrogen (secondary N) is 1. The summed E-state index contributed by atoms with van der Waals surface area (Å²) in [5, 5.41) is 3.56. The molecule has 2 aromatic carbocycles. The smallest absolute Gasteiger partial charge is 0.248 e. The van der Waals surface area contributed by atoms with Crippen LogP contribution in [-0.2, 0) is 6.42 Å². The molecule has 1 atom stereocenters. The van der Waals surface area contributed by atoms with Crippen LogP contribution in [0.25, 0.3) is 0 Å². The second-order valence-electron chi connectivity index (χ2n) is 5.59. The maximum absolute atomic E-state index is 11.3. The van der Waals surface area contributed by atoms with Crippen molar-refractivity contribution in [3.05, 3.63) is 65.2 Å². The molecular weight excluding hydrogens is 260 g/mol. The van der Waals surface area contributed by atoms with Crippen LogP contribution in [0.2, 0.25) is 0 Å². The molecule has 0 aromatic heterocycles. The third-order valence-corrected chi connectivity index (χ3v) is 4.11. The van der Waals surface area contributed by atoms with Crippen molar-refractivity contribution < 1.29 is 4.79 Å². The summed E-state index contributed by atoms with van der Waals surface area (Å²) >= 11 is 0. The van der Waals surface area contributed by atoms with Crippen LogP contribution in [0.4, 0.5) is 5.69 Å². The minimum absolute atomic E-state index is 0.298. The molecule has 0 bridgehead atoms. The average molecular weight is 280 g/mol. The zero-order chi connectivity index (χ0) is 14.7. The molecular formula is C18H20N2O. The summed E-state index contributed by atoms with van der Waals surface area (Å²) in [7, 11) is 0. The van der Waals surface area contributed by atoms with Crippen LogP contribution in [0.1, 0.15) is 46.8 Å². The normalized spacial score (nSPS) is 17.6. The average Bonchev–Trinajstić information content (AvgIpc) is 2.70. The summed E-state index contributed by atoms with van der Waals surface area (Å²) in [5.74, 6) is -0.389. The second-order valence-corrected chi connectivity index (χ2v) is 5.59. The monoisotopic (exact) mass is 280 g/mol. The van der Waals surface area contributed by atoms with E-state index in [4.69, 9.17) is 5.73 Å². The highest BCUT2D eigenvalue weighted by atomic mass is 16.1. The molecule has 3 N–H and O–H groups in total. The number of carbonyl (C=O) groups is 1. The van der Waals surface area contributed by atoms with Crippen LogP contribution in [0.3, 0.4) is 0 Å². The lowest BCUT2D eigenvalue weighted by atomic mass is 9.99. The first-order valence-corrected chi connectivity index (χ1v) is 7.48. The van der Waals surface area contributed by atoms with Crippen molar-refractivity contribution in [1.82, 2.24) is 0 Å². The number of primary amides is 1. The van der Waals surface area contributed by atoms with Gasteiger partial charge in [-0.3, -0.25) is 4.79 Å². The molecule has 0 spiro atoms. The summed E-state index contributed by atoms with van der Waals surface area (Å²) in [6.45, 7) is 0. The number of fused-ring (bicyclic) bond motifs is 1. The van der Waals surface area contributed by atoms with Gasteiger partial charge < -0.3 is 11.1 Å². The van der Waals surface area contributed by atoms with Gasteiger partial charge in [0.25, 0.3) is 0 Å². The third kappa shape index (κ3) is 3.07. The lowest BCUT2D eigenvalue weighted by molar-refractivity contribution is 0.100. The molecule has 0 saturated heterocycles. The Morgan fingerprint density at radius 1 is 1.10 bits per heavy atom. The van der Waals surface area contributed by atoms with Crippen molar-refractivity contribution in [2.45, 2.75) is 31.7 Å². The number of nitrogens with two attached hydrogens (primary N) is 1. The van der Waals surface area contributed by atoms with Crippen LogP contribution in [0.5, 0.6) is 0 Å². The highest BCUT2D eigenvalue weighted by Gasteiger charge is 2.18. The Labute approximate surface area is 125 Å². The van der Waals surface area contributed by atoms with Crippen molar-refractivity contribution in [3.8, 4) is 0 Å². The van der Waals surface area contributed by atoms with Crippen molar-refractivity contribution >= 4 is 11.6 Å². The second kappa shape index (κ2) is 6.00. The van der Waals surface area contributed by atoms with E-state index >= 15 is 0 Å². The van der Waals surface area contributed by atoms with Crippen LogP contribution in [0, 0.1) is 0 Å². The van der Waals surface area contributed by atoms with Crippen molar-refractivity contribution in [2.75, 3.05) is 5.32 Å². The zero-order valence-corrected chi connectivity index (χ0v) is 12.0. The first-order chi connectivity index (χ1) is 10.2. The van der Waals surface area contributed by atoms with Crippen molar-refractivity contribution in [1.29, 1.82) is 0 Å². The minimum atomic E-state index is -0.389. The number of hydrogen-bond donors (Lipinski definition) is 2. The largest absolute Gasteiger partial charge is 0.378 e. The third-order valence-electron chi connectivity index (χ3n) is 4.11. The highest BCUT2D eigenvalue weighted by Crippen LogP contribution is 2.31. The van der Waals surface area contributed by atoms with Gasteiger partial charge in [-0.25, -0.2) is 0 Å². The number of carbonyl (C=O) groups excluding carboxylic acids is 1. The molecule has 0 aliphatic heterocycles. The molecule has 3 heteroatoms. The molecule has 3 rings (SSSR count). The summed E-state index contributed by atoms with van der Waals surface area (Å²) < 4.78 is 0. The summed E-state index contributed by atoms with van der Waals surface area (Å²) in [6, 6.07) is 16.3. The molecule has 1 amide bonds. The molecule has 1 unspecified atom stereocenters. The predicted octanol–water partition coefficient (Wildman–Crippen LogP) is 3.67. The standard InChI is InChI=1S/C18H20N2O/c19-18(21)14-8-5-9-15(12-14)20-17-11-4-2-7-13-6-1-3-10-16(13)17/h1,3,5-6,8-10,12,17,20H,2,4,7,11H2,(H2,19,21). The quantitative estimate of drug-likeness (QED) is 0.843. The van der Waals surface area contributed by atoms with E-state index in [-0.39, 0.29) is 5.91 Å². The van der Waals surface area contributed by atoms with E-state index in [2.05, 4.69) is 29.6 Å². The molecule has 0 fully saturated rings. The molecule has 3 nitrogen and oxygen atoms in total. The number of amides is 1. The Bertz CT molecular complexity index is 651. The van der Waals surface area contributed by atoms with Gasteiger partial charge in [0.05, 0.1) is 6.04 Å². The molecule has 108 valence electrons. The van der Waals surface area contributed by atoms with Gasteiger partial charge >= 0.3 is 0 Å². The van der Waals surface area contributed by atoms with Gasteiger partial charge in [0.2, 0.25) is 5.91 Å². The topological polar surface area (TPSA) is 55.1 Å². The number of benzene rings is 2. The van der Waals surface area contributed by atoms with Gasteiger partial charge in [0.15, 0.2) is 0 Å². The summed E-state index contributed by atoms with van der Waals surface area (Å²) in [4.78, 5) is 11.3. The SMILES string of the molecule is NC(=O)c1cccc(NC2CCCCc3ccccc32)c1. The van der Waals surface area contributed by atoms with Gasteiger partial charge in [0.1, 0.15) is 0 Å². The number of hydrogen-bond acceptors (Lipinski definition) is 2. The predicted molar refractivity (Wildman–Crippen MR) is 85.3 cm³/mol. The van der Waals surface area contributed by atoms with Gasteiger partial charge in [-0.15, -0.1) is 0 Å². The van der Waals surface area contributed by atoms with Gasteiger partial charge in [-0.05, 0) is 48.6 Å². The van der Waals surface area contributed by atoms with Crippen LogP contribution in [-0.4, -0.2) is 5.91 Å². The van der Waals surface area contributed by atoms with Gasteiger partial charge in [-0.1, -0.05) is 36.8 Å². The van der Waals surface area contributed by atoms with E-state index in [9.17, 15) is 4.79 Å². The molecule has 21 heavy (non-hydrogen) atoms.